The summed E-state index contributed by atoms with van der Waals surface area (Å²) in [7, 11) is 1.59. The van der Waals surface area contributed by atoms with E-state index in [-0.39, 0.29) is 5.56 Å². The van der Waals surface area contributed by atoms with Crippen LogP contribution in [0.15, 0.2) is 49.0 Å². The molecule has 0 bridgehead atoms. The molecule has 0 saturated carbocycles. The molecule has 4 heteroatoms. The van der Waals surface area contributed by atoms with E-state index in [1.165, 1.54) is 6.07 Å². The van der Waals surface area contributed by atoms with Gasteiger partial charge in [0.05, 0.1) is 12.7 Å². The zero-order valence-corrected chi connectivity index (χ0v) is 11.6. The quantitative estimate of drug-likeness (QED) is 0.921. The molecular weight excluding hydrogens is 276 g/mol. The van der Waals surface area contributed by atoms with Crippen LogP contribution >= 0.6 is 11.6 Å². The summed E-state index contributed by atoms with van der Waals surface area (Å²) in [5, 5.41) is 9.70. The third-order valence-electron chi connectivity index (χ3n) is 2.98. The number of hydrogen-bond acceptors (Lipinski definition) is 2. The van der Waals surface area contributed by atoms with Crippen molar-refractivity contribution in [2.45, 2.75) is 0 Å². The van der Waals surface area contributed by atoms with E-state index >= 15 is 0 Å². The highest BCUT2D eigenvalue weighted by Crippen LogP contribution is 2.28. The van der Waals surface area contributed by atoms with Crippen molar-refractivity contribution in [3.63, 3.8) is 0 Å². The van der Waals surface area contributed by atoms with Crippen LogP contribution < -0.4 is 4.74 Å². The third-order valence-corrected chi connectivity index (χ3v) is 3.21. The fraction of sp³-hybridized carbons (Fsp3) is 0.0625. The Kier molecular flexibility index (Phi) is 4.11. The number of rotatable bonds is 4. The van der Waals surface area contributed by atoms with Gasteiger partial charge in [-0.25, -0.2) is 4.79 Å². The molecule has 2 rings (SSSR count). The minimum atomic E-state index is -1.01. The number of hydrogen-bond donors (Lipinski definition) is 1. The van der Waals surface area contributed by atoms with E-state index in [1.807, 2.05) is 12.1 Å². The lowest BCUT2D eigenvalue weighted by molar-refractivity contribution is 0.0696. The minimum absolute atomic E-state index is 0.176. The summed E-state index contributed by atoms with van der Waals surface area (Å²) in [5.41, 5.74) is 2.11. The van der Waals surface area contributed by atoms with Gasteiger partial charge in [0.25, 0.3) is 0 Å². The highest BCUT2D eigenvalue weighted by Gasteiger charge is 2.14. The summed E-state index contributed by atoms with van der Waals surface area (Å²) >= 11 is 5.95. The van der Waals surface area contributed by atoms with Crippen molar-refractivity contribution in [2.24, 2.45) is 0 Å². The third kappa shape index (κ3) is 2.83. The van der Waals surface area contributed by atoms with Gasteiger partial charge in [0.15, 0.2) is 0 Å². The Labute approximate surface area is 122 Å². The maximum Gasteiger partial charge on any atom is 0.336 e. The van der Waals surface area contributed by atoms with E-state index in [0.717, 1.165) is 11.3 Å². The van der Waals surface area contributed by atoms with Gasteiger partial charge in [-0.2, -0.15) is 0 Å². The summed E-state index contributed by atoms with van der Waals surface area (Å²) in [6.45, 7) is 3.97. The predicted molar refractivity (Wildman–Crippen MR) is 79.5 cm³/mol. The van der Waals surface area contributed by atoms with E-state index in [9.17, 15) is 9.90 Å². The zero-order valence-electron chi connectivity index (χ0n) is 10.9. The first-order valence-electron chi connectivity index (χ1n) is 5.89. The van der Waals surface area contributed by atoms with Crippen LogP contribution in [0.5, 0.6) is 5.75 Å². The summed E-state index contributed by atoms with van der Waals surface area (Å²) in [4.78, 5) is 11.3. The Bertz CT molecular complexity index is 660. The number of benzene rings is 2. The molecule has 0 unspecified atom stereocenters. The topological polar surface area (TPSA) is 46.5 Å². The lowest BCUT2D eigenvalue weighted by Crippen LogP contribution is -2.02. The number of carbonyl (C=O) groups is 1. The molecule has 0 aromatic heterocycles. The Morgan fingerprint density at radius 3 is 2.35 bits per heavy atom. The maximum absolute atomic E-state index is 11.3. The molecule has 0 spiro atoms. The number of ether oxygens (including phenoxy) is 1. The Hall–Kier alpha value is -2.26. The maximum atomic E-state index is 11.3. The van der Waals surface area contributed by atoms with Crippen molar-refractivity contribution in [2.75, 3.05) is 7.11 Å². The van der Waals surface area contributed by atoms with Crippen molar-refractivity contribution in [3.05, 3.63) is 70.8 Å². The molecule has 0 radical (unpaired) electrons. The predicted octanol–water partition coefficient (Wildman–Crippen LogP) is 4.11. The molecule has 0 aliphatic rings. The average molecular weight is 289 g/mol. The van der Waals surface area contributed by atoms with E-state index in [4.69, 9.17) is 16.3 Å². The summed E-state index contributed by atoms with van der Waals surface area (Å²) in [5.74, 6) is -0.280. The number of aromatic carboxylic acids is 1. The van der Waals surface area contributed by atoms with Crippen molar-refractivity contribution in [1.82, 2.24) is 0 Å². The summed E-state index contributed by atoms with van der Waals surface area (Å²) in [6.07, 6.45) is 0. The van der Waals surface area contributed by atoms with Crippen LogP contribution in [0.2, 0.25) is 5.02 Å². The smallest absolute Gasteiger partial charge is 0.336 e. The molecule has 2 aromatic rings. The molecule has 0 heterocycles. The van der Waals surface area contributed by atoms with Crippen LogP contribution in [0, 0.1) is 0 Å². The second-order valence-electron chi connectivity index (χ2n) is 4.20. The lowest BCUT2D eigenvalue weighted by atomic mass is 9.95. The molecule has 0 amide bonds. The van der Waals surface area contributed by atoms with E-state index < -0.39 is 5.97 Å². The van der Waals surface area contributed by atoms with Crippen molar-refractivity contribution < 1.29 is 14.6 Å². The fourth-order valence-corrected chi connectivity index (χ4v) is 2.07. The molecule has 0 atom stereocenters. The summed E-state index contributed by atoms with van der Waals surface area (Å²) in [6, 6.07) is 11.9. The molecule has 0 aliphatic carbocycles. The zero-order chi connectivity index (χ0) is 14.7. The largest absolute Gasteiger partial charge is 0.497 e. The first kappa shape index (κ1) is 14.2. The van der Waals surface area contributed by atoms with E-state index in [0.29, 0.717) is 16.2 Å². The van der Waals surface area contributed by atoms with Crippen LogP contribution in [0.1, 0.15) is 21.5 Å². The SMILES string of the molecule is C=C(c1ccc(OC)cc1)c1cc(Cl)ccc1C(=O)O. The van der Waals surface area contributed by atoms with Gasteiger partial charge in [-0.15, -0.1) is 0 Å². The normalized spacial score (nSPS) is 10.1. The van der Waals surface area contributed by atoms with Gasteiger partial charge >= 0.3 is 5.97 Å². The number of methoxy groups -OCH3 is 1. The van der Waals surface area contributed by atoms with Crippen LogP contribution in [0.3, 0.4) is 0 Å². The highest BCUT2D eigenvalue weighted by molar-refractivity contribution is 6.31. The number of halogens is 1. The highest BCUT2D eigenvalue weighted by atomic mass is 35.5. The second kappa shape index (κ2) is 5.80. The van der Waals surface area contributed by atoms with Gasteiger partial charge in [0, 0.05) is 5.02 Å². The van der Waals surface area contributed by atoms with Crippen molar-refractivity contribution >= 4 is 23.1 Å². The van der Waals surface area contributed by atoms with Gasteiger partial charge in [-0.05, 0) is 47.0 Å². The van der Waals surface area contributed by atoms with E-state index in [1.54, 1.807) is 31.4 Å². The molecule has 3 nitrogen and oxygen atoms in total. The van der Waals surface area contributed by atoms with Gasteiger partial charge in [0.2, 0.25) is 0 Å². The molecule has 0 fully saturated rings. The molecule has 2 aromatic carbocycles. The first-order chi connectivity index (χ1) is 9.52. The van der Waals surface area contributed by atoms with Crippen molar-refractivity contribution in [3.8, 4) is 5.75 Å². The first-order valence-corrected chi connectivity index (χ1v) is 6.27. The Morgan fingerprint density at radius 2 is 1.80 bits per heavy atom. The molecule has 102 valence electrons. The minimum Gasteiger partial charge on any atom is -0.497 e. The number of carboxylic acid groups (broad SMARTS) is 1. The molecular formula is C16H13ClO3. The second-order valence-corrected chi connectivity index (χ2v) is 4.64. The van der Waals surface area contributed by atoms with Crippen LogP contribution in [0.25, 0.3) is 5.57 Å². The standard InChI is InChI=1S/C16H13ClO3/c1-10(11-3-6-13(20-2)7-4-11)15-9-12(17)5-8-14(15)16(18)19/h3-9H,1H2,2H3,(H,18,19). The average Bonchev–Trinajstić information content (AvgIpc) is 2.46. The van der Waals surface area contributed by atoms with Gasteiger partial charge < -0.3 is 9.84 Å². The van der Waals surface area contributed by atoms with Crippen molar-refractivity contribution in [1.29, 1.82) is 0 Å². The molecule has 0 aliphatic heterocycles. The molecule has 0 saturated heterocycles. The van der Waals surface area contributed by atoms with E-state index in [2.05, 4.69) is 6.58 Å². The van der Waals surface area contributed by atoms with Gasteiger partial charge in [0.1, 0.15) is 5.75 Å². The Balaban J connectivity index is 2.46. The lowest BCUT2D eigenvalue weighted by Gasteiger charge is -2.11. The van der Waals surface area contributed by atoms with Crippen LogP contribution in [-0.4, -0.2) is 18.2 Å². The number of carboxylic acids is 1. The molecule has 1 N–H and O–H groups in total. The Morgan fingerprint density at radius 1 is 1.15 bits per heavy atom. The van der Waals surface area contributed by atoms with Crippen LogP contribution in [-0.2, 0) is 0 Å². The monoisotopic (exact) mass is 288 g/mol. The van der Waals surface area contributed by atoms with Crippen LogP contribution in [0.4, 0.5) is 0 Å². The molecule has 20 heavy (non-hydrogen) atoms. The van der Waals surface area contributed by atoms with Gasteiger partial charge in [-0.1, -0.05) is 30.3 Å². The fourth-order valence-electron chi connectivity index (χ4n) is 1.90. The summed E-state index contributed by atoms with van der Waals surface area (Å²) < 4.78 is 5.09. The van der Waals surface area contributed by atoms with Gasteiger partial charge in [-0.3, -0.25) is 0 Å².